The number of nitrogens with two attached hydrogens (primary N) is 1. The molecule has 0 bridgehead atoms. The Morgan fingerprint density at radius 3 is 2.66 bits per heavy atom. The second-order valence-corrected chi connectivity index (χ2v) is 7.18. The topological polar surface area (TPSA) is 123 Å². The Labute approximate surface area is 184 Å². The fraction of sp³-hybridized carbons (Fsp3) is 0.318. The van der Waals surface area contributed by atoms with Gasteiger partial charge in [0.1, 0.15) is 23.6 Å². The summed E-state index contributed by atoms with van der Waals surface area (Å²) in [4.78, 5) is 19.5. The van der Waals surface area contributed by atoms with E-state index in [1.165, 1.54) is 12.4 Å². The molecule has 2 N–H and O–H groups in total. The van der Waals surface area contributed by atoms with E-state index in [0.29, 0.717) is 53.2 Å². The van der Waals surface area contributed by atoms with Crippen molar-refractivity contribution < 1.29 is 13.9 Å². The van der Waals surface area contributed by atoms with E-state index in [2.05, 4.69) is 30.9 Å². The van der Waals surface area contributed by atoms with Crippen LogP contribution in [0.2, 0.25) is 0 Å². The second-order valence-electron chi connectivity index (χ2n) is 7.18. The van der Waals surface area contributed by atoms with Gasteiger partial charge >= 0.3 is 0 Å². The molecule has 1 unspecified atom stereocenters. The third-order valence-electron chi connectivity index (χ3n) is 4.94. The first-order chi connectivity index (χ1) is 15.6. The fourth-order valence-electron chi connectivity index (χ4n) is 3.28. The molecule has 0 aliphatic carbocycles. The van der Waals surface area contributed by atoms with Crippen LogP contribution in [0.5, 0.6) is 11.6 Å². The fourth-order valence-corrected chi connectivity index (χ4v) is 3.28. The van der Waals surface area contributed by atoms with Gasteiger partial charge in [-0.3, -0.25) is 0 Å². The monoisotopic (exact) mass is 435 g/mol. The largest absolute Gasteiger partial charge is 0.438 e. The van der Waals surface area contributed by atoms with Crippen molar-refractivity contribution in [2.45, 2.75) is 13.1 Å². The molecule has 32 heavy (non-hydrogen) atoms. The zero-order chi connectivity index (χ0) is 22.5. The zero-order valence-electron chi connectivity index (χ0n) is 17.5. The van der Waals surface area contributed by atoms with Crippen molar-refractivity contribution in [2.24, 2.45) is 5.73 Å². The molecule has 0 saturated carbocycles. The van der Waals surface area contributed by atoms with E-state index < -0.39 is 6.17 Å². The summed E-state index contributed by atoms with van der Waals surface area (Å²) in [5, 5.41) is 9.34. The SMILES string of the molecule is Cc1nc(Oc2cc(C#N)ccc2-c2ncc(C(F)CN)cn2)cc(N2CCOCC2)n1. The number of benzene rings is 1. The number of hydrogen-bond donors (Lipinski definition) is 1. The first kappa shape index (κ1) is 21.5. The highest BCUT2D eigenvalue weighted by Gasteiger charge is 2.17. The Kier molecular flexibility index (Phi) is 6.49. The number of halogens is 1. The smallest absolute Gasteiger partial charge is 0.224 e. The summed E-state index contributed by atoms with van der Waals surface area (Å²) in [5.41, 5.74) is 6.62. The van der Waals surface area contributed by atoms with E-state index in [0.717, 1.165) is 18.9 Å². The number of hydrogen-bond acceptors (Lipinski definition) is 9. The minimum absolute atomic E-state index is 0.146. The summed E-state index contributed by atoms with van der Waals surface area (Å²) in [6.07, 6.45) is 1.46. The highest BCUT2D eigenvalue weighted by Crippen LogP contribution is 2.33. The minimum Gasteiger partial charge on any atom is -0.438 e. The summed E-state index contributed by atoms with van der Waals surface area (Å²) in [6.45, 7) is 4.35. The van der Waals surface area contributed by atoms with Crippen LogP contribution in [0.1, 0.15) is 23.1 Å². The number of aromatic nitrogens is 4. The molecular weight excluding hydrogens is 413 g/mol. The maximum Gasteiger partial charge on any atom is 0.224 e. The highest BCUT2D eigenvalue weighted by molar-refractivity contribution is 5.66. The Morgan fingerprint density at radius 1 is 1.22 bits per heavy atom. The zero-order valence-corrected chi connectivity index (χ0v) is 17.5. The van der Waals surface area contributed by atoms with Crippen molar-refractivity contribution in [1.29, 1.82) is 5.26 Å². The number of alkyl halides is 1. The van der Waals surface area contributed by atoms with E-state index >= 15 is 0 Å². The molecule has 3 heterocycles. The van der Waals surface area contributed by atoms with Crippen LogP contribution in [-0.2, 0) is 4.74 Å². The first-order valence-electron chi connectivity index (χ1n) is 10.1. The molecule has 0 amide bonds. The van der Waals surface area contributed by atoms with Crippen molar-refractivity contribution in [1.82, 2.24) is 19.9 Å². The predicted molar refractivity (Wildman–Crippen MR) is 115 cm³/mol. The number of nitrogens with zero attached hydrogens (tertiary/aromatic N) is 6. The molecule has 1 atom stereocenters. The molecule has 3 aromatic rings. The highest BCUT2D eigenvalue weighted by atomic mass is 19.1. The van der Waals surface area contributed by atoms with Gasteiger partial charge in [0, 0.05) is 43.7 Å². The van der Waals surface area contributed by atoms with Gasteiger partial charge in [-0.05, 0) is 25.1 Å². The summed E-state index contributed by atoms with van der Waals surface area (Å²) in [7, 11) is 0. The van der Waals surface area contributed by atoms with Crippen LogP contribution in [0.25, 0.3) is 11.4 Å². The summed E-state index contributed by atoms with van der Waals surface area (Å²) in [6, 6.07) is 8.77. The average molecular weight is 435 g/mol. The summed E-state index contributed by atoms with van der Waals surface area (Å²) in [5.74, 6) is 2.32. The van der Waals surface area contributed by atoms with Crippen LogP contribution in [0, 0.1) is 18.3 Å². The van der Waals surface area contributed by atoms with Gasteiger partial charge in [-0.2, -0.15) is 10.2 Å². The molecule has 1 fully saturated rings. The van der Waals surface area contributed by atoms with Gasteiger partial charge in [-0.25, -0.2) is 19.3 Å². The third-order valence-corrected chi connectivity index (χ3v) is 4.94. The van der Waals surface area contributed by atoms with Crippen molar-refractivity contribution in [3.63, 3.8) is 0 Å². The maximum atomic E-state index is 13.8. The van der Waals surface area contributed by atoms with Crippen LogP contribution in [0.3, 0.4) is 0 Å². The standard InChI is InChI=1S/C22H22FN7O2/c1-14-28-20(30-4-6-31-7-5-30)9-21(29-14)32-19-8-15(10-24)2-3-17(19)22-26-12-16(13-27-22)18(23)11-25/h2-3,8-9,12-13,18H,4-7,11,25H2,1H3. The molecule has 4 rings (SSSR count). The molecule has 10 heteroatoms. The van der Waals surface area contributed by atoms with Gasteiger partial charge in [0.25, 0.3) is 0 Å². The lowest BCUT2D eigenvalue weighted by atomic mass is 10.1. The maximum absolute atomic E-state index is 13.8. The van der Waals surface area contributed by atoms with Gasteiger partial charge in [0.2, 0.25) is 5.88 Å². The van der Waals surface area contributed by atoms with Crippen LogP contribution >= 0.6 is 0 Å². The Bertz CT molecular complexity index is 1130. The van der Waals surface area contributed by atoms with Crippen LogP contribution in [0.4, 0.5) is 10.2 Å². The number of rotatable bonds is 6. The molecule has 1 aliphatic rings. The number of ether oxygens (including phenoxy) is 2. The van der Waals surface area contributed by atoms with Gasteiger partial charge in [0.05, 0.1) is 30.4 Å². The van der Waals surface area contributed by atoms with Crippen LogP contribution in [-0.4, -0.2) is 52.8 Å². The summed E-state index contributed by atoms with van der Waals surface area (Å²) >= 11 is 0. The van der Waals surface area contributed by atoms with E-state index in [1.54, 1.807) is 31.2 Å². The van der Waals surface area contributed by atoms with E-state index in [1.807, 2.05) is 0 Å². The quantitative estimate of drug-likeness (QED) is 0.622. The molecule has 1 saturated heterocycles. The first-order valence-corrected chi connectivity index (χ1v) is 10.1. The molecule has 0 spiro atoms. The lowest BCUT2D eigenvalue weighted by Crippen LogP contribution is -2.36. The third kappa shape index (κ3) is 4.80. The van der Waals surface area contributed by atoms with Crippen molar-refractivity contribution in [3.05, 3.63) is 53.6 Å². The van der Waals surface area contributed by atoms with E-state index in [9.17, 15) is 9.65 Å². The Hall–Kier alpha value is -3.68. The molecular formula is C22H22FN7O2. The van der Waals surface area contributed by atoms with Crippen LogP contribution in [0.15, 0.2) is 36.7 Å². The van der Waals surface area contributed by atoms with E-state index in [4.69, 9.17) is 15.2 Å². The van der Waals surface area contributed by atoms with Gasteiger partial charge in [-0.15, -0.1) is 0 Å². The minimum atomic E-state index is -1.33. The Balaban J connectivity index is 1.68. The van der Waals surface area contributed by atoms with Crippen molar-refractivity contribution in [3.8, 4) is 29.1 Å². The number of morpholine rings is 1. The number of anilines is 1. The normalized spacial score (nSPS) is 14.6. The lowest BCUT2D eigenvalue weighted by Gasteiger charge is -2.28. The van der Waals surface area contributed by atoms with Crippen molar-refractivity contribution in [2.75, 3.05) is 37.7 Å². The second kappa shape index (κ2) is 9.64. The van der Waals surface area contributed by atoms with Gasteiger partial charge < -0.3 is 20.1 Å². The molecule has 164 valence electrons. The number of nitriles is 1. The molecule has 1 aliphatic heterocycles. The predicted octanol–water partition coefficient (Wildman–Crippen LogP) is 2.71. The molecule has 2 aromatic heterocycles. The van der Waals surface area contributed by atoms with Crippen molar-refractivity contribution >= 4 is 5.82 Å². The average Bonchev–Trinajstić information content (AvgIpc) is 2.84. The van der Waals surface area contributed by atoms with Crippen LogP contribution < -0.4 is 15.4 Å². The Morgan fingerprint density at radius 2 is 1.97 bits per heavy atom. The molecule has 9 nitrogen and oxygen atoms in total. The molecule has 0 radical (unpaired) electrons. The number of aryl methyl sites for hydroxylation is 1. The van der Waals surface area contributed by atoms with Gasteiger partial charge in [0.15, 0.2) is 5.82 Å². The lowest BCUT2D eigenvalue weighted by molar-refractivity contribution is 0.122. The molecule has 1 aromatic carbocycles. The van der Waals surface area contributed by atoms with E-state index in [-0.39, 0.29) is 6.54 Å². The van der Waals surface area contributed by atoms with Gasteiger partial charge in [-0.1, -0.05) is 0 Å². The summed E-state index contributed by atoms with van der Waals surface area (Å²) < 4.78 is 25.3.